The molecule has 7 nitrogen and oxygen atoms in total. The van der Waals surface area contributed by atoms with Crippen LogP contribution in [0.25, 0.3) is 22.3 Å². The van der Waals surface area contributed by atoms with Crippen LogP contribution < -0.4 is 10.3 Å². The normalized spacial score (nSPS) is 18.6. The van der Waals surface area contributed by atoms with Crippen LogP contribution in [0.2, 0.25) is 0 Å². The average Bonchev–Trinajstić information content (AvgIpc) is 3.19. The number of carbonyl (C=O) groups excluding carboxylic acids is 1. The zero-order valence-corrected chi connectivity index (χ0v) is 19.3. The van der Waals surface area contributed by atoms with Crippen LogP contribution in [0.1, 0.15) is 56.2 Å². The monoisotopic (exact) mass is 448 g/mol. The molecule has 33 heavy (non-hydrogen) atoms. The van der Waals surface area contributed by atoms with Crippen molar-refractivity contribution in [2.45, 2.75) is 58.3 Å². The summed E-state index contributed by atoms with van der Waals surface area (Å²) in [4.78, 5) is 31.4. The minimum Gasteiger partial charge on any atom is -0.497 e. The van der Waals surface area contributed by atoms with Gasteiger partial charge in [0.15, 0.2) is 5.60 Å². The first-order valence-corrected chi connectivity index (χ1v) is 11.6. The van der Waals surface area contributed by atoms with E-state index in [1.54, 1.807) is 11.7 Å². The fourth-order valence-electron chi connectivity index (χ4n) is 4.92. The van der Waals surface area contributed by atoms with Crippen LogP contribution in [-0.2, 0) is 33.0 Å². The van der Waals surface area contributed by atoms with Crippen molar-refractivity contribution in [1.29, 1.82) is 0 Å². The second-order valence-corrected chi connectivity index (χ2v) is 8.68. The van der Waals surface area contributed by atoms with Gasteiger partial charge in [0.1, 0.15) is 12.4 Å². The quantitative estimate of drug-likeness (QED) is 0.310. The van der Waals surface area contributed by atoms with E-state index in [1.165, 1.54) is 0 Å². The maximum absolute atomic E-state index is 13.5. The fourth-order valence-corrected chi connectivity index (χ4v) is 4.92. The molecule has 0 saturated carbocycles. The van der Waals surface area contributed by atoms with Crippen LogP contribution >= 0.6 is 0 Å². The summed E-state index contributed by atoms with van der Waals surface area (Å²) in [5.74, 6) is 0.339. The van der Waals surface area contributed by atoms with Crippen molar-refractivity contribution in [1.82, 2.24) is 9.55 Å². The van der Waals surface area contributed by atoms with E-state index in [4.69, 9.17) is 19.2 Å². The molecule has 2 aromatic heterocycles. The van der Waals surface area contributed by atoms with E-state index in [-0.39, 0.29) is 12.2 Å². The standard InChI is InChI=1S/C26H28N2O5/c1-4-6-7-10-33-26(5-2)20-13-22-23-17(11-16-12-18(31-3)8-9-21(16)27-23)14-28(22)24(29)19(20)15-32-25(26)30/h8-9,11-13H,4-7,10,14-15H2,1-3H3/t26-/m0/s1. The number of benzene rings is 1. The summed E-state index contributed by atoms with van der Waals surface area (Å²) in [6, 6.07) is 9.71. The van der Waals surface area contributed by atoms with Crippen molar-refractivity contribution in [3.8, 4) is 17.1 Å². The van der Waals surface area contributed by atoms with E-state index in [9.17, 15) is 9.59 Å². The van der Waals surface area contributed by atoms with E-state index < -0.39 is 11.6 Å². The molecule has 0 unspecified atom stereocenters. The van der Waals surface area contributed by atoms with E-state index >= 15 is 0 Å². The molecule has 0 N–H and O–H groups in total. The smallest absolute Gasteiger partial charge is 0.343 e. The average molecular weight is 449 g/mol. The fraction of sp³-hybridized carbons (Fsp3) is 0.423. The number of unbranched alkanes of at least 4 members (excludes halogenated alkanes) is 2. The summed E-state index contributed by atoms with van der Waals surface area (Å²) in [6.45, 7) is 4.86. The molecule has 0 spiro atoms. The highest BCUT2D eigenvalue weighted by Crippen LogP contribution is 2.41. The van der Waals surface area contributed by atoms with Gasteiger partial charge in [-0.2, -0.15) is 0 Å². The van der Waals surface area contributed by atoms with Crippen molar-refractivity contribution >= 4 is 16.9 Å². The number of carbonyl (C=O) groups is 1. The number of hydrogen-bond acceptors (Lipinski definition) is 6. The molecular formula is C26H28N2O5. The lowest BCUT2D eigenvalue weighted by molar-refractivity contribution is -0.181. The molecule has 172 valence electrons. The zero-order valence-electron chi connectivity index (χ0n) is 19.3. The van der Waals surface area contributed by atoms with Crippen molar-refractivity contribution in [3.05, 3.63) is 57.4 Å². The summed E-state index contributed by atoms with van der Waals surface area (Å²) >= 11 is 0. The molecule has 1 atom stereocenters. The SMILES string of the molecule is CCCCCO[C@]1(CC)C(=O)OCc2c1cc1n(c2=O)Cc2cc3cc(OC)ccc3nc2-1. The Morgan fingerprint density at radius 1 is 1.15 bits per heavy atom. The minimum absolute atomic E-state index is 0.0315. The number of pyridine rings is 2. The number of cyclic esters (lactones) is 1. The molecule has 2 aliphatic rings. The Kier molecular flexibility index (Phi) is 5.44. The highest BCUT2D eigenvalue weighted by atomic mass is 16.6. The van der Waals surface area contributed by atoms with Crippen molar-refractivity contribution in [3.63, 3.8) is 0 Å². The lowest BCUT2D eigenvalue weighted by Gasteiger charge is -2.36. The number of ether oxygens (including phenoxy) is 3. The molecule has 1 aromatic carbocycles. The first kappa shape index (κ1) is 21.6. The van der Waals surface area contributed by atoms with Crippen LogP contribution in [0.3, 0.4) is 0 Å². The van der Waals surface area contributed by atoms with E-state index in [1.807, 2.05) is 31.2 Å². The number of aromatic nitrogens is 2. The van der Waals surface area contributed by atoms with Crippen LogP contribution in [-0.4, -0.2) is 29.2 Å². The van der Waals surface area contributed by atoms with Gasteiger partial charge in [0.2, 0.25) is 0 Å². The third-order valence-corrected chi connectivity index (χ3v) is 6.78. The molecule has 0 bridgehead atoms. The van der Waals surface area contributed by atoms with E-state index in [2.05, 4.69) is 13.0 Å². The van der Waals surface area contributed by atoms with Gasteiger partial charge >= 0.3 is 5.97 Å². The van der Waals surface area contributed by atoms with Gasteiger partial charge in [-0.1, -0.05) is 26.7 Å². The molecular weight excluding hydrogens is 420 g/mol. The third-order valence-electron chi connectivity index (χ3n) is 6.78. The van der Waals surface area contributed by atoms with Gasteiger partial charge in [0.05, 0.1) is 36.1 Å². The Hall–Kier alpha value is -3.19. The second-order valence-electron chi connectivity index (χ2n) is 8.68. The zero-order chi connectivity index (χ0) is 23.2. The molecule has 5 rings (SSSR count). The van der Waals surface area contributed by atoms with Gasteiger partial charge in [0, 0.05) is 23.1 Å². The molecule has 0 fully saturated rings. The molecule has 7 heteroatoms. The first-order chi connectivity index (χ1) is 16.0. The largest absolute Gasteiger partial charge is 0.497 e. The predicted molar refractivity (Wildman–Crippen MR) is 124 cm³/mol. The second kappa shape index (κ2) is 8.30. The molecule has 4 heterocycles. The molecule has 3 aromatic rings. The predicted octanol–water partition coefficient (Wildman–Crippen LogP) is 4.30. The van der Waals surface area contributed by atoms with Crippen LogP contribution in [0.15, 0.2) is 35.1 Å². The summed E-state index contributed by atoms with van der Waals surface area (Å²) in [5, 5.41) is 0.958. The summed E-state index contributed by atoms with van der Waals surface area (Å²) in [7, 11) is 1.63. The van der Waals surface area contributed by atoms with Crippen LogP contribution in [0.4, 0.5) is 0 Å². The number of nitrogens with zero attached hydrogens (tertiary/aromatic N) is 2. The van der Waals surface area contributed by atoms with Gasteiger partial charge in [0.25, 0.3) is 5.56 Å². The molecule has 0 amide bonds. The van der Waals surface area contributed by atoms with Crippen molar-refractivity contribution in [2.24, 2.45) is 0 Å². The van der Waals surface area contributed by atoms with Gasteiger partial charge in [-0.3, -0.25) is 4.79 Å². The Labute approximate surface area is 192 Å². The maximum Gasteiger partial charge on any atom is 0.343 e. The molecule has 2 aliphatic heterocycles. The Bertz CT molecular complexity index is 1310. The van der Waals surface area contributed by atoms with Crippen LogP contribution in [0, 0.1) is 0 Å². The number of fused-ring (bicyclic) bond motifs is 5. The van der Waals surface area contributed by atoms with E-state index in [0.29, 0.717) is 30.7 Å². The number of rotatable bonds is 7. The van der Waals surface area contributed by atoms with Gasteiger partial charge < -0.3 is 18.8 Å². The Morgan fingerprint density at radius 3 is 2.76 bits per heavy atom. The number of hydrogen-bond donors (Lipinski definition) is 0. The first-order valence-electron chi connectivity index (χ1n) is 11.6. The van der Waals surface area contributed by atoms with Crippen molar-refractivity contribution in [2.75, 3.05) is 13.7 Å². The molecule has 0 aliphatic carbocycles. The maximum atomic E-state index is 13.5. The molecule has 0 saturated heterocycles. The van der Waals surface area contributed by atoms with Crippen LogP contribution in [0.5, 0.6) is 5.75 Å². The van der Waals surface area contributed by atoms with E-state index in [0.717, 1.165) is 52.9 Å². The Morgan fingerprint density at radius 2 is 2.00 bits per heavy atom. The summed E-state index contributed by atoms with van der Waals surface area (Å²) in [6.07, 6.45) is 3.32. The summed E-state index contributed by atoms with van der Waals surface area (Å²) < 4.78 is 18.7. The number of methoxy groups -OCH3 is 1. The lowest BCUT2D eigenvalue weighted by Crippen LogP contribution is -2.46. The highest BCUT2D eigenvalue weighted by Gasteiger charge is 2.48. The molecule has 0 radical (unpaired) electrons. The Balaban J connectivity index is 1.65. The third kappa shape index (κ3) is 3.33. The van der Waals surface area contributed by atoms with Gasteiger partial charge in [-0.15, -0.1) is 0 Å². The summed E-state index contributed by atoms with van der Waals surface area (Å²) in [5.41, 5.74) is 2.98. The lowest BCUT2D eigenvalue weighted by atomic mass is 9.85. The topological polar surface area (TPSA) is 79.7 Å². The minimum atomic E-state index is -1.26. The highest BCUT2D eigenvalue weighted by molar-refractivity contribution is 5.87. The number of esters is 1. The van der Waals surface area contributed by atoms with Gasteiger partial charge in [-0.05, 0) is 43.2 Å². The van der Waals surface area contributed by atoms with Crippen molar-refractivity contribution < 1.29 is 19.0 Å². The van der Waals surface area contributed by atoms with Gasteiger partial charge in [-0.25, -0.2) is 9.78 Å².